The highest BCUT2D eigenvalue weighted by atomic mass is 32.2. The summed E-state index contributed by atoms with van der Waals surface area (Å²) in [6.45, 7) is 3.97. The standard InChI is InChI=1S/C16H27NO5S/c1-11(2)14(23(21,22)13-6-4-3-5-7-13)15(18)17-9-8-12(10-17)16(19)20/h11-14H,3-10H2,1-2H3,(H,19,20)/t12-,14-/m1/s1. The van der Waals surface area contributed by atoms with Crippen LogP contribution in [0.3, 0.4) is 0 Å². The molecule has 2 aliphatic rings. The smallest absolute Gasteiger partial charge is 0.308 e. The molecule has 1 N–H and O–H groups in total. The third-order valence-electron chi connectivity index (χ3n) is 5.07. The molecule has 0 spiro atoms. The molecule has 1 saturated heterocycles. The largest absolute Gasteiger partial charge is 0.481 e. The van der Waals surface area contributed by atoms with E-state index in [4.69, 9.17) is 5.11 Å². The van der Waals surface area contributed by atoms with E-state index in [0.717, 1.165) is 19.3 Å². The molecule has 0 radical (unpaired) electrons. The molecule has 0 bridgehead atoms. The first-order chi connectivity index (χ1) is 10.7. The normalized spacial score (nSPS) is 24.8. The van der Waals surface area contributed by atoms with E-state index in [2.05, 4.69) is 0 Å². The van der Waals surface area contributed by atoms with Crippen molar-refractivity contribution in [3.05, 3.63) is 0 Å². The number of hydrogen-bond donors (Lipinski definition) is 1. The van der Waals surface area contributed by atoms with Gasteiger partial charge in [-0.15, -0.1) is 0 Å². The van der Waals surface area contributed by atoms with Crippen molar-refractivity contribution in [2.24, 2.45) is 11.8 Å². The van der Waals surface area contributed by atoms with Crippen LogP contribution in [0, 0.1) is 11.8 Å². The first-order valence-corrected chi connectivity index (χ1v) is 10.1. The second-order valence-corrected chi connectivity index (χ2v) is 9.47. The van der Waals surface area contributed by atoms with Gasteiger partial charge in [0.1, 0.15) is 5.25 Å². The third-order valence-corrected chi connectivity index (χ3v) is 7.92. The Morgan fingerprint density at radius 2 is 1.70 bits per heavy atom. The van der Waals surface area contributed by atoms with Crippen molar-refractivity contribution in [2.45, 2.75) is 62.9 Å². The van der Waals surface area contributed by atoms with Crippen LogP contribution in [0.4, 0.5) is 0 Å². The summed E-state index contributed by atoms with van der Waals surface area (Å²) >= 11 is 0. The van der Waals surface area contributed by atoms with Crippen LogP contribution < -0.4 is 0 Å². The summed E-state index contributed by atoms with van der Waals surface area (Å²) in [6.07, 6.45) is 4.52. The second kappa shape index (κ2) is 7.20. The van der Waals surface area contributed by atoms with E-state index in [1.165, 1.54) is 4.90 Å². The first kappa shape index (κ1) is 18.2. The van der Waals surface area contributed by atoms with Gasteiger partial charge in [0.05, 0.1) is 11.2 Å². The predicted octanol–water partition coefficient (Wildman–Crippen LogP) is 1.69. The number of carbonyl (C=O) groups excluding carboxylic acids is 1. The topological polar surface area (TPSA) is 91.8 Å². The zero-order valence-electron chi connectivity index (χ0n) is 13.9. The molecule has 1 aliphatic heterocycles. The summed E-state index contributed by atoms with van der Waals surface area (Å²) in [6, 6.07) is 0. The molecule has 23 heavy (non-hydrogen) atoms. The number of sulfone groups is 1. The maximum absolute atomic E-state index is 13.0. The van der Waals surface area contributed by atoms with E-state index in [1.54, 1.807) is 13.8 Å². The van der Waals surface area contributed by atoms with Gasteiger partial charge in [0.15, 0.2) is 9.84 Å². The summed E-state index contributed by atoms with van der Waals surface area (Å²) in [4.78, 5) is 25.3. The molecular weight excluding hydrogens is 318 g/mol. The molecule has 1 heterocycles. The van der Waals surface area contributed by atoms with E-state index in [1.807, 2.05) is 0 Å². The Morgan fingerprint density at radius 1 is 1.09 bits per heavy atom. The fraction of sp³-hybridized carbons (Fsp3) is 0.875. The van der Waals surface area contributed by atoms with Gasteiger partial charge in [-0.2, -0.15) is 0 Å². The van der Waals surface area contributed by atoms with Gasteiger partial charge in [-0.25, -0.2) is 8.42 Å². The van der Waals surface area contributed by atoms with Crippen LogP contribution in [0.5, 0.6) is 0 Å². The Bertz CT molecular complexity index is 551. The number of aliphatic carboxylic acids is 1. The Morgan fingerprint density at radius 3 is 2.17 bits per heavy atom. The average Bonchev–Trinajstić information content (AvgIpc) is 2.97. The van der Waals surface area contributed by atoms with E-state index in [0.29, 0.717) is 25.8 Å². The van der Waals surface area contributed by atoms with Crippen LogP contribution in [0.1, 0.15) is 52.4 Å². The number of carbonyl (C=O) groups is 2. The molecule has 7 heteroatoms. The van der Waals surface area contributed by atoms with E-state index in [-0.39, 0.29) is 12.5 Å². The van der Waals surface area contributed by atoms with Crippen molar-refractivity contribution in [1.29, 1.82) is 0 Å². The highest BCUT2D eigenvalue weighted by Crippen LogP contribution is 2.30. The van der Waals surface area contributed by atoms with Crippen LogP contribution in [-0.4, -0.2) is 53.9 Å². The number of nitrogens with zero attached hydrogens (tertiary/aromatic N) is 1. The van der Waals surface area contributed by atoms with Gasteiger partial charge in [0, 0.05) is 13.1 Å². The average molecular weight is 345 g/mol. The molecule has 2 atom stereocenters. The van der Waals surface area contributed by atoms with Gasteiger partial charge in [-0.1, -0.05) is 33.1 Å². The monoisotopic (exact) mass is 345 g/mol. The lowest BCUT2D eigenvalue weighted by atomic mass is 10.0. The lowest BCUT2D eigenvalue weighted by Crippen LogP contribution is -2.48. The van der Waals surface area contributed by atoms with Crippen LogP contribution in [0.25, 0.3) is 0 Å². The molecule has 0 aromatic carbocycles. The fourth-order valence-corrected chi connectivity index (χ4v) is 6.34. The predicted molar refractivity (Wildman–Crippen MR) is 86.7 cm³/mol. The van der Waals surface area contributed by atoms with E-state index >= 15 is 0 Å². The van der Waals surface area contributed by atoms with Gasteiger partial charge in [-0.3, -0.25) is 9.59 Å². The molecule has 2 fully saturated rings. The molecule has 2 rings (SSSR count). The second-order valence-electron chi connectivity index (χ2n) is 7.12. The summed E-state index contributed by atoms with van der Waals surface area (Å²) in [7, 11) is -3.54. The Hall–Kier alpha value is -1.11. The summed E-state index contributed by atoms with van der Waals surface area (Å²) in [5.74, 6) is -2.21. The minimum atomic E-state index is -3.54. The van der Waals surface area contributed by atoms with Crippen molar-refractivity contribution >= 4 is 21.7 Å². The number of carboxylic acid groups (broad SMARTS) is 1. The van der Waals surface area contributed by atoms with Crippen LogP contribution >= 0.6 is 0 Å². The minimum absolute atomic E-state index is 0.123. The maximum Gasteiger partial charge on any atom is 0.308 e. The number of rotatable bonds is 5. The van der Waals surface area contributed by atoms with Gasteiger partial charge in [0.25, 0.3) is 0 Å². The Kier molecular flexibility index (Phi) is 5.70. The number of amides is 1. The highest BCUT2D eigenvalue weighted by molar-refractivity contribution is 7.93. The highest BCUT2D eigenvalue weighted by Gasteiger charge is 2.44. The molecule has 6 nitrogen and oxygen atoms in total. The van der Waals surface area contributed by atoms with Crippen LogP contribution in [-0.2, 0) is 19.4 Å². The molecule has 0 aromatic rings. The summed E-state index contributed by atoms with van der Waals surface area (Å²) < 4.78 is 26.0. The number of hydrogen-bond acceptors (Lipinski definition) is 4. The summed E-state index contributed by atoms with van der Waals surface area (Å²) in [5, 5.41) is 7.60. The van der Waals surface area contributed by atoms with E-state index in [9.17, 15) is 18.0 Å². The van der Waals surface area contributed by atoms with Gasteiger partial charge < -0.3 is 10.0 Å². The molecule has 0 unspecified atom stereocenters. The van der Waals surface area contributed by atoms with Crippen molar-refractivity contribution < 1.29 is 23.1 Å². The molecule has 1 saturated carbocycles. The SMILES string of the molecule is CC(C)[C@H](C(=O)N1CC[C@@H](C(=O)O)C1)S(=O)(=O)C1CCCCC1. The molecule has 1 amide bonds. The minimum Gasteiger partial charge on any atom is -0.481 e. The molecule has 1 aliphatic carbocycles. The van der Waals surface area contributed by atoms with Crippen molar-refractivity contribution in [2.75, 3.05) is 13.1 Å². The lowest BCUT2D eigenvalue weighted by Gasteiger charge is -2.31. The van der Waals surface area contributed by atoms with Crippen molar-refractivity contribution in [3.63, 3.8) is 0 Å². The molecule has 132 valence electrons. The Balaban J connectivity index is 2.17. The van der Waals surface area contributed by atoms with Crippen LogP contribution in [0.15, 0.2) is 0 Å². The van der Waals surface area contributed by atoms with Crippen molar-refractivity contribution in [1.82, 2.24) is 4.90 Å². The fourth-order valence-electron chi connectivity index (χ4n) is 3.75. The molecule has 0 aromatic heterocycles. The number of carboxylic acids is 1. The Labute approximate surface area is 138 Å². The van der Waals surface area contributed by atoms with Gasteiger partial charge in [0.2, 0.25) is 5.91 Å². The zero-order chi connectivity index (χ0) is 17.2. The molecular formula is C16H27NO5S. The first-order valence-electron chi connectivity index (χ1n) is 8.49. The summed E-state index contributed by atoms with van der Waals surface area (Å²) in [5.41, 5.74) is 0. The van der Waals surface area contributed by atoms with E-state index < -0.39 is 38.1 Å². The quantitative estimate of drug-likeness (QED) is 0.819. The van der Waals surface area contributed by atoms with Crippen LogP contribution in [0.2, 0.25) is 0 Å². The van der Waals surface area contributed by atoms with Gasteiger partial charge in [-0.05, 0) is 25.2 Å². The zero-order valence-corrected chi connectivity index (χ0v) is 14.7. The van der Waals surface area contributed by atoms with Gasteiger partial charge >= 0.3 is 5.97 Å². The number of likely N-dealkylation sites (tertiary alicyclic amines) is 1. The lowest BCUT2D eigenvalue weighted by molar-refractivity contribution is -0.141. The van der Waals surface area contributed by atoms with Crippen molar-refractivity contribution in [3.8, 4) is 0 Å². The third kappa shape index (κ3) is 3.87. The maximum atomic E-state index is 13.0.